The largest absolute Gasteiger partial charge is 0.497 e. The average molecular weight is 452 g/mol. The number of anilines is 1. The van der Waals surface area contributed by atoms with Gasteiger partial charge in [0.2, 0.25) is 0 Å². The molecular formula is C27H33NO5. The Bertz CT molecular complexity index is 947. The number of nitrogens with zero attached hydrogens (tertiary/aromatic N) is 1. The Morgan fingerprint density at radius 3 is 2.45 bits per heavy atom. The molecule has 0 radical (unpaired) electrons. The van der Waals surface area contributed by atoms with Gasteiger partial charge in [0.1, 0.15) is 11.4 Å². The van der Waals surface area contributed by atoms with Gasteiger partial charge < -0.3 is 14.2 Å². The number of cyclic esters (lactones) is 1. The van der Waals surface area contributed by atoms with E-state index >= 15 is 0 Å². The Balaban J connectivity index is 1.96. The van der Waals surface area contributed by atoms with E-state index < -0.39 is 11.7 Å². The van der Waals surface area contributed by atoms with Crippen LogP contribution in [0.4, 0.5) is 10.5 Å². The molecule has 2 aromatic carbocycles. The SMILES string of the molecule is COc1ccc(N(/C=C\[C@H](c2ccccc2)[C@@H]2CCCOC(=O)C2)C(=O)OC(C)(C)C)cc1. The molecule has 0 saturated carbocycles. The van der Waals surface area contributed by atoms with E-state index in [2.05, 4.69) is 12.1 Å². The first-order valence-electron chi connectivity index (χ1n) is 11.3. The van der Waals surface area contributed by atoms with Gasteiger partial charge in [-0.15, -0.1) is 0 Å². The van der Waals surface area contributed by atoms with Crippen LogP contribution < -0.4 is 9.64 Å². The van der Waals surface area contributed by atoms with Crippen LogP contribution in [0.15, 0.2) is 66.9 Å². The van der Waals surface area contributed by atoms with Gasteiger partial charge in [-0.25, -0.2) is 4.79 Å². The van der Waals surface area contributed by atoms with Crippen molar-refractivity contribution in [2.75, 3.05) is 18.6 Å². The molecule has 6 nitrogen and oxygen atoms in total. The minimum Gasteiger partial charge on any atom is -0.497 e. The molecule has 2 aromatic rings. The first-order chi connectivity index (χ1) is 15.8. The zero-order valence-electron chi connectivity index (χ0n) is 19.8. The second-order valence-corrected chi connectivity index (χ2v) is 9.15. The standard InChI is InChI=1S/C27H33NO5/c1-27(2,3)33-26(30)28(22-12-14-23(31-4)15-13-22)17-16-24(20-9-6-5-7-10-20)21-11-8-18-32-25(29)19-21/h5-7,9-10,12-17,21,24H,8,11,18-19H2,1-4H3/b17-16-/t21-,24-/m1/s1. The number of hydrogen-bond donors (Lipinski definition) is 0. The van der Waals surface area contributed by atoms with E-state index in [1.165, 1.54) is 4.90 Å². The van der Waals surface area contributed by atoms with Gasteiger partial charge in [0, 0.05) is 18.5 Å². The summed E-state index contributed by atoms with van der Waals surface area (Å²) in [6.45, 7) is 5.97. The number of rotatable bonds is 6. The summed E-state index contributed by atoms with van der Waals surface area (Å²) in [5, 5.41) is 0. The third-order valence-corrected chi connectivity index (χ3v) is 5.49. The van der Waals surface area contributed by atoms with Crippen LogP contribution in [0, 0.1) is 5.92 Å². The Kier molecular flexibility index (Phi) is 8.15. The Morgan fingerprint density at radius 2 is 1.82 bits per heavy atom. The van der Waals surface area contributed by atoms with Gasteiger partial charge in [0.05, 0.1) is 19.4 Å². The van der Waals surface area contributed by atoms with Gasteiger partial charge in [0.15, 0.2) is 0 Å². The molecule has 0 unspecified atom stereocenters. The molecule has 1 aliphatic rings. The monoisotopic (exact) mass is 451 g/mol. The van der Waals surface area contributed by atoms with E-state index in [4.69, 9.17) is 14.2 Å². The molecule has 0 aliphatic carbocycles. The van der Waals surface area contributed by atoms with Crippen molar-refractivity contribution in [1.29, 1.82) is 0 Å². The highest BCUT2D eigenvalue weighted by molar-refractivity contribution is 5.90. The van der Waals surface area contributed by atoms with Crippen LogP contribution in [0.25, 0.3) is 0 Å². The number of esters is 1. The lowest BCUT2D eigenvalue weighted by molar-refractivity contribution is -0.143. The molecule has 33 heavy (non-hydrogen) atoms. The number of amides is 1. The van der Waals surface area contributed by atoms with E-state index in [9.17, 15) is 9.59 Å². The predicted octanol–water partition coefficient (Wildman–Crippen LogP) is 6.08. The molecule has 0 bridgehead atoms. The highest BCUT2D eigenvalue weighted by atomic mass is 16.6. The van der Waals surface area contributed by atoms with Crippen molar-refractivity contribution in [1.82, 2.24) is 0 Å². The van der Waals surface area contributed by atoms with Gasteiger partial charge >= 0.3 is 12.1 Å². The number of carbonyl (C=O) groups is 2. The van der Waals surface area contributed by atoms with E-state index in [1.54, 1.807) is 25.4 Å². The fourth-order valence-electron chi connectivity index (χ4n) is 3.91. The first-order valence-corrected chi connectivity index (χ1v) is 11.3. The maximum Gasteiger partial charge on any atom is 0.418 e. The molecule has 1 amide bonds. The minimum absolute atomic E-state index is 0.0555. The van der Waals surface area contributed by atoms with Gasteiger partial charge in [-0.05, 0) is 69.4 Å². The van der Waals surface area contributed by atoms with Crippen LogP contribution in [0.1, 0.15) is 51.5 Å². The smallest absolute Gasteiger partial charge is 0.418 e. The van der Waals surface area contributed by atoms with Crippen LogP contribution >= 0.6 is 0 Å². The third-order valence-electron chi connectivity index (χ3n) is 5.49. The predicted molar refractivity (Wildman–Crippen MR) is 128 cm³/mol. The molecule has 1 saturated heterocycles. The summed E-state index contributed by atoms with van der Waals surface area (Å²) in [7, 11) is 1.60. The zero-order valence-corrected chi connectivity index (χ0v) is 19.8. The minimum atomic E-state index is -0.639. The molecule has 176 valence electrons. The number of benzene rings is 2. The quantitative estimate of drug-likeness (QED) is 0.498. The van der Waals surface area contributed by atoms with E-state index in [0.29, 0.717) is 24.5 Å². The van der Waals surface area contributed by atoms with Crippen LogP contribution in [0.3, 0.4) is 0 Å². The van der Waals surface area contributed by atoms with Crippen molar-refractivity contribution < 1.29 is 23.8 Å². The Morgan fingerprint density at radius 1 is 1.12 bits per heavy atom. The van der Waals surface area contributed by atoms with Gasteiger partial charge in [-0.2, -0.15) is 0 Å². The van der Waals surface area contributed by atoms with Gasteiger partial charge in [-0.3, -0.25) is 9.69 Å². The molecule has 1 fully saturated rings. The van der Waals surface area contributed by atoms with E-state index in [1.807, 2.05) is 57.2 Å². The summed E-state index contributed by atoms with van der Waals surface area (Å²) in [6.07, 6.45) is 5.30. The molecule has 0 aromatic heterocycles. The fourth-order valence-corrected chi connectivity index (χ4v) is 3.91. The molecule has 0 N–H and O–H groups in total. The normalized spacial score (nSPS) is 17.7. The van der Waals surface area contributed by atoms with Crippen molar-refractivity contribution in [3.63, 3.8) is 0 Å². The third kappa shape index (κ3) is 7.11. The number of ether oxygens (including phenoxy) is 3. The number of methoxy groups -OCH3 is 1. The Hall–Kier alpha value is -3.28. The summed E-state index contributed by atoms with van der Waals surface area (Å²) in [6, 6.07) is 17.3. The second-order valence-electron chi connectivity index (χ2n) is 9.15. The first kappa shape index (κ1) is 24.4. The number of allylic oxidation sites excluding steroid dienone is 1. The molecule has 1 aliphatic heterocycles. The lowest BCUT2D eigenvalue weighted by atomic mass is 9.81. The summed E-state index contributed by atoms with van der Waals surface area (Å²) in [5.74, 6) is 0.548. The maximum atomic E-state index is 13.1. The van der Waals surface area contributed by atoms with Crippen molar-refractivity contribution in [3.05, 3.63) is 72.4 Å². The summed E-state index contributed by atoms with van der Waals surface area (Å²) < 4.78 is 16.2. The van der Waals surface area contributed by atoms with Crippen molar-refractivity contribution in [3.8, 4) is 5.75 Å². The molecule has 3 rings (SSSR count). The molecule has 6 heteroatoms. The average Bonchev–Trinajstić information content (AvgIpc) is 3.00. The maximum absolute atomic E-state index is 13.1. The van der Waals surface area contributed by atoms with Crippen LogP contribution in [0.5, 0.6) is 5.75 Å². The Labute approximate surface area is 196 Å². The highest BCUT2D eigenvalue weighted by Gasteiger charge is 2.28. The lowest BCUT2D eigenvalue weighted by Crippen LogP contribution is -2.33. The summed E-state index contributed by atoms with van der Waals surface area (Å²) in [5.41, 5.74) is 1.11. The molecule has 0 spiro atoms. The van der Waals surface area contributed by atoms with Crippen molar-refractivity contribution in [2.24, 2.45) is 5.92 Å². The van der Waals surface area contributed by atoms with E-state index in [0.717, 1.165) is 18.4 Å². The zero-order chi connectivity index (χ0) is 23.8. The number of hydrogen-bond acceptors (Lipinski definition) is 5. The van der Waals surface area contributed by atoms with Crippen molar-refractivity contribution >= 4 is 17.7 Å². The van der Waals surface area contributed by atoms with Crippen LogP contribution in [-0.2, 0) is 14.3 Å². The summed E-state index contributed by atoms with van der Waals surface area (Å²) >= 11 is 0. The lowest BCUT2D eigenvalue weighted by Gasteiger charge is -2.27. The van der Waals surface area contributed by atoms with Gasteiger partial charge in [-0.1, -0.05) is 36.4 Å². The summed E-state index contributed by atoms with van der Waals surface area (Å²) in [4.78, 5) is 26.8. The molecule has 1 heterocycles. The fraction of sp³-hybridized carbons (Fsp3) is 0.407. The topological polar surface area (TPSA) is 65.1 Å². The highest BCUT2D eigenvalue weighted by Crippen LogP contribution is 2.34. The second kappa shape index (κ2) is 11.0. The van der Waals surface area contributed by atoms with Crippen molar-refractivity contribution in [2.45, 2.75) is 51.6 Å². The molecular weight excluding hydrogens is 418 g/mol. The van der Waals surface area contributed by atoms with Crippen LogP contribution in [-0.4, -0.2) is 31.4 Å². The molecule has 2 atom stereocenters. The van der Waals surface area contributed by atoms with Crippen LogP contribution in [0.2, 0.25) is 0 Å². The van der Waals surface area contributed by atoms with E-state index in [-0.39, 0.29) is 17.8 Å². The number of carbonyl (C=O) groups excluding carboxylic acids is 2. The van der Waals surface area contributed by atoms with Gasteiger partial charge in [0.25, 0.3) is 0 Å².